The van der Waals surface area contributed by atoms with E-state index in [1.165, 1.54) is 0 Å². The molecule has 0 bridgehead atoms. The Hall–Kier alpha value is -3.70. The number of nitriles is 1. The van der Waals surface area contributed by atoms with Crippen molar-refractivity contribution in [1.82, 2.24) is 14.8 Å². The van der Waals surface area contributed by atoms with E-state index in [4.69, 9.17) is 9.47 Å². The number of anilines is 1. The predicted molar refractivity (Wildman–Crippen MR) is 122 cm³/mol. The molecule has 8 heteroatoms. The van der Waals surface area contributed by atoms with Crippen molar-refractivity contribution in [2.45, 2.75) is 31.3 Å². The second kappa shape index (κ2) is 9.04. The van der Waals surface area contributed by atoms with Gasteiger partial charge in [0.25, 0.3) is 0 Å². The van der Waals surface area contributed by atoms with Crippen LogP contribution in [0.25, 0.3) is 11.1 Å². The Kier molecular flexibility index (Phi) is 5.80. The fourth-order valence-corrected chi connectivity index (χ4v) is 4.26. The SMILES string of the molecule is Cn1cc(C2CC2C(=O)Nc2cc(-c3ccc(OC4CCOCC4)c(C#N)c3)ccn2)cn1. The number of benzene rings is 1. The highest BCUT2D eigenvalue weighted by molar-refractivity contribution is 5.95. The molecule has 168 valence electrons. The van der Waals surface area contributed by atoms with Crippen LogP contribution in [0.1, 0.15) is 36.3 Å². The number of aromatic nitrogens is 3. The van der Waals surface area contributed by atoms with Crippen molar-refractivity contribution in [2.75, 3.05) is 18.5 Å². The highest BCUT2D eigenvalue weighted by atomic mass is 16.5. The van der Waals surface area contributed by atoms with E-state index in [2.05, 4.69) is 21.5 Å². The highest BCUT2D eigenvalue weighted by Crippen LogP contribution is 2.47. The fourth-order valence-electron chi connectivity index (χ4n) is 4.26. The predicted octanol–water partition coefficient (Wildman–Crippen LogP) is 3.65. The molecule has 33 heavy (non-hydrogen) atoms. The first-order valence-electron chi connectivity index (χ1n) is 11.1. The second-order valence-electron chi connectivity index (χ2n) is 8.57. The Bertz CT molecular complexity index is 1210. The van der Waals surface area contributed by atoms with Gasteiger partial charge in [0.2, 0.25) is 5.91 Å². The summed E-state index contributed by atoms with van der Waals surface area (Å²) in [5.41, 5.74) is 3.31. The number of carbonyl (C=O) groups is 1. The number of hydrogen-bond acceptors (Lipinski definition) is 6. The molecule has 1 aromatic carbocycles. The first-order valence-corrected chi connectivity index (χ1v) is 11.1. The van der Waals surface area contributed by atoms with Gasteiger partial charge in [0.1, 0.15) is 23.7 Å². The van der Waals surface area contributed by atoms with Crippen LogP contribution in [0.3, 0.4) is 0 Å². The molecule has 1 saturated heterocycles. The van der Waals surface area contributed by atoms with Gasteiger partial charge in [-0.05, 0) is 53.3 Å². The number of amides is 1. The van der Waals surface area contributed by atoms with E-state index in [0.717, 1.165) is 36.0 Å². The number of pyridine rings is 1. The van der Waals surface area contributed by atoms with E-state index in [-0.39, 0.29) is 23.8 Å². The van der Waals surface area contributed by atoms with Gasteiger partial charge in [0, 0.05) is 38.2 Å². The Morgan fingerprint density at radius 1 is 1.24 bits per heavy atom. The summed E-state index contributed by atoms with van der Waals surface area (Å²) in [7, 11) is 1.87. The lowest BCUT2D eigenvalue weighted by molar-refractivity contribution is -0.117. The van der Waals surface area contributed by atoms with Crippen LogP contribution in [0.2, 0.25) is 0 Å². The number of aryl methyl sites for hydroxylation is 1. The smallest absolute Gasteiger partial charge is 0.229 e. The molecule has 3 aromatic rings. The topological polar surface area (TPSA) is 102 Å². The highest BCUT2D eigenvalue weighted by Gasteiger charge is 2.44. The van der Waals surface area contributed by atoms with E-state index in [1.54, 1.807) is 10.9 Å². The van der Waals surface area contributed by atoms with Crippen molar-refractivity contribution >= 4 is 11.7 Å². The van der Waals surface area contributed by atoms with E-state index in [0.29, 0.717) is 30.3 Å². The lowest BCUT2D eigenvalue weighted by Gasteiger charge is -2.23. The molecule has 2 fully saturated rings. The molecular formula is C25H25N5O3. The van der Waals surface area contributed by atoms with Crippen LogP contribution in [0.15, 0.2) is 48.9 Å². The second-order valence-corrected chi connectivity index (χ2v) is 8.57. The molecule has 8 nitrogen and oxygen atoms in total. The van der Waals surface area contributed by atoms with Crippen molar-refractivity contribution in [1.29, 1.82) is 5.26 Å². The van der Waals surface area contributed by atoms with Crippen LogP contribution < -0.4 is 10.1 Å². The maximum absolute atomic E-state index is 12.7. The van der Waals surface area contributed by atoms with Crippen molar-refractivity contribution < 1.29 is 14.3 Å². The van der Waals surface area contributed by atoms with E-state index in [1.807, 2.05) is 49.8 Å². The van der Waals surface area contributed by atoms with Gasteiger partial charge in [-0.3, -0.25) is 9.48 Å². The third kappa shape index (κ3) is 4.73. The van der Waals surface area contributed by atoms with E-state index in [9.17, 15) is 10.1 Å². The molecule has 2 unspecified atom stereocenters. The lowest BCUT2D eigenvalue weighted by Crippen LogP contribution is -2.26. The third-order valence-corrected chi connectivity index (χ3v) is 6.19. The van der Waals surface area contributed by atoms with Crippen LogP contribution in [-0.4, -0.2) is 40.0 Å². The largest absolute Gasteiger partial charge is 0.489 e. The quantitative estimate of drug-likeness (QED) is 0.624. The zero-order valence-electron chi connectivity index (χ0n) is 18.4. The number of carbonyl (C=O) groups excluding carboxylic acids is 1. The average Bonchev–Trinajstić information content (AvgIpc) is 3.53. The number of hydrogen-bond donors (Lipinski definition) is 1. The molecule has 1 N–H and O–H groups in total. The maximum Gasteiger partial charge on any atom is 0.229 e. The molecule has 1 saturated carbocycles. The van der Waals surface area contributed by atoms with Crippen molar-refractivity contribution in [3.63, 3.8) is 0 Å². The normalized spacial score (nSPS) is 20.1. The summed E-state index contributed by atoms with van der Waals surface area (Å²) < 4.78 is 13.2. The number of nitrogens with one attached hydrogen (secondary N) is 1. The van der Waals surface area contributed by atoms with Crippen LogP contribution in [0.5, 0.6) is 5.75 Å². The molecule has 3 heterocycles. The molecule has 0 radical (unpaired) electrons. The maximum atomic E-state index is 12.7. The average molecular weight is 444 g/mol. The van der Waals surface area contributed by atoms with Gasteiger partial charge in [0.05, 0.1) is 25.0 Å². The monoisotopic (exact) mass is 443 g/mol. The zero-order chi connectivity index (χ0) is 22.8. The molecule has 2 aromatic heterocycles. The van der Waals surface area contributed by atoms with Gasteiger partial charge < -0.3 is 14.8 Å². The molecule has 1 aliphatic heterocycles. The van der Waals surface area contributed by atoms with Gasteiger partial charge in [0.15, 0.2) is 0 Å². The minimum absolute atomic E-state index is 0.0357. The lowest BCUT2D eigenvalue weighted by atomic mass is 10.0. The van der Waals surface area contributed by atoms with Crippen molar-refractivity contribution in [3.05, 3.63) is 60.0 Å². The molecule has 0 spiro atoms. The minimum atomic E-state index is -0.0635. The standard InChI is InChI=1S/C25H25N5O3/c1-30-15-19(14-28-30)21-12-22(21)25(31)29-24-11-17(4-7-27-24)16-2-3-23(18(10-16)13-26)33-20-5-8-32-9-6-20/h2-4,7,10-11,14-15,20-22H,5-6,8-9,12H2,1H3,(H,27,29,31). The molecule has 2 atom stereocenters. The summed E-state index contributed by atoms with van der Waals surface area (Å²) in [6.45, 7) is 1.36. The summed E-state index contributed by atoms with van der Waals surface area (Å²) in [4.78, 5) is 17.0. The Morgan fingerprint density at radius 2 is 2.06 bits per heavy atom. The zero-order valence-corrected chi connectivity index (χ0v) is 18.4. The molecule has 1 amide bonds. The van der Waals surface area contributed by atoms with Gasteiger partial charge in [-0.1, -0.05) is 6.07 Å². The van der Waals surface area contributed by atoms with Crippen molar-refractivity contribution in [2.24, 2.45) is 13.0 Å². The fraction of sp³-hybridized carbons (Fsp3) is 0.360. The molecule has 5 rings (SSSR count). The van der Waals surface area contributed by atoms with E-state index < -0.39 is 0 Å². The van der Waals surface area contributed by atoms with Gasteiger partial charge >= 0.3 is 0 Å². The van der Waals surface area contributed by atoms with Gasteiger partial charge in [-0.15, -0.1) is 0 Å². The van der Waals surface area contributed by atoms with Crippen molar-refractivity contribution in [3.8, 4) is 22.9 Å². The Morgan fingerprint density at radius 3 is 2.82 bits per heavy atom. The Balaban J connectivity index is 1.27. The van der Waals surface area contributed by atoms with E-state index >= 15 is 0 Å². The van der Waals surface area contributed by atoms with Gasteiger partial charge in [-0.2, -0.15) is 10.4 Å². The molecule has 2 aliphatic rings. The Labute approximate surface area is 192 Å². The summed E-state index contributed by atoms with van der Waals surface area (Å²) in [5, 5.41) is 16.8. The summed E-state index contributed by atoms with van der Waals surface area (Å²) >= 11 is 0. The van der Waals surface area contributed by atoms with Gasteiger partial charge in [-0.25, -0.2) is 4.98 Å². The molecule has 1 aliphatic carbocycles. The van der Waals surface area contributed by atoms with Crippen LogP contribution >= 0.6 is 0 Å². The molecular weight excluding hydrogens is 418 g/mol. The summed E-state index contributed by atoms with van der Waals surface area (Å²) in [5.74, 6) is 1.20. The van der Waals surface area contributed by atoms with Crippen LogP contribution in [0, 0.1) is 17.2 Å². The van der Waals surface area contributed by atoms with Crippen LogP contribution in [-0.2, 0) is 16.6 Å². The minimum Gasteiger partial charge on any atom is -0.489 e. The first kappa shape index (κ1) is 21.2. The number of rotatable bonds is 6. The number of ether oxygens (including phenoxy) is 2. The van der Waals surface area contributed by atoms with Crippen LogP contribution in [0.4, 0.5) is 5.82 Å². The summed E-state index contributed by atoms with van der Waals surface area (Å²) in [6, 6.07) is 11.5. The third-order valence-electron chi connectivity index (χ3n) is 6.19. The number of nitrogens with zero attached hydrogens (tertiary/aromatic N) is 4. The summed E-state index contributed by atoms with van der Waals surface area (Å²) in [6.07, 6.45) is 7.97. The first-order chi connectivity index (χ1) is 16.1.